The SMILES string of the molecule is CCn1c(SCc2nc(-c3ccc(OC)cc3OC)no2)nc2sc3c(c2c1=O)CCC(C)C3. The normalized spacial score (nSPS) is 15.5. The van der Waals surface area contributed by atoms with Crippen LogP contribution in [0.3, 0.4) is 0 Å². The third-order valence-corrected chi connectivity index (χ3v) is 8.25. The molecule has 3 aromatic heterocycles. The van der Waals surface area contributed by atoms with E-state index in [1.165, 1.54) is 22.2 Å². The van der Waals surface area contributed by atoms with Crippen molar-refractivity contribution in [3.63, 3.8) is 0 Å². The lowest BCUT2D eigenvalue weighted by atomic mass is 9.89. The Morgan fingerprint density at radius 1 is 1.26 bits per heavy atom. The molecule has 34 heavy (non-hydrogen) atoms. The average Bonchev–Trinajstić information content (AvgIpc) is 3.46. The molecule has 0 radical (unpaired) electrons. The molecule has 0 fully saturated rings. The van der Waals surface area contributed by atoms with Gasteiger partial charge in [0.25, 0.3) is 5.56 Å². The summed E-state index contributed by atoms with van der Waals surface area (Å²) < 4.78 is 17.9. The number of hydrogen-bond donors (Lipinski definition) is 0. The standard InChI is InChI=1S/C24H26N4O4S2/c1-5-28-23(29)20-16-8-6-13(2)10-18(16)34-22(20)26-24(28)33-12-19-25-21(27-32-19)15-9-7-14(30-3)11-17(15)31-4/h7,9,11,13H,5-6,8,10,12H2,1-4H3. The second-order valence-corrected chi connectivity index (χ2v) is 10.4. The van der Waals surface area contributed by atoms with E-state index in [1.807, 2.05) is 19.1 Å². The minimum Gasteiger partial charge on any atom is -0.497 e. The summed E-state index contributed by atoms with van der Waals surface area (Å²) in [6.07, 6.45) is 3.12. The predicted molar refractivity (Wildman–Crippen MR) is 133 cm³/mol. The van der Waals surface area contributed by atoms with Gasteiger partial charge in [-0.3, -0.25) is 9.36 Å². The molecule has 1 unspecified atom stereocenters. The van der Waals surface area contributed by atoms with E-state index in [1.54, 1.807) is 36.2 Å². The van der Waals surface area contributed by atoms with E-state index in [0.29, 0.717) is 52.1 Å². The van der Waals surface area contributed by atoms with Crippen LogP contribution < -0.4 is 15.0 Å². The molecule has 8 nitrogen and oxygen atoms in total. The smallest absolute Gasteiger partial charge is 0.263 e. The molecule has 0 saturated carbocycles. The molecule has 178 valence electrons. The molecule has 0 bridgehead atoms. The number of thiophene rings is 1. The zero-order chi connectivity index (χ0) is 23.8. The largest absolute Gasteiger partial charge is 0.497 e. The first-order valence-electron chi connectivity index (χ1n) is 11.2. The molecule has 0 saturated heterocycles. The average molecular weight is 499 g/mol. The molecular weight excluding hydrogens is 472 g/mol. The van der Waals surface area contributed by atoms with Crippen molar-refractivity contribution in [2.75, 3.05) is 14.2 Å². The molecule has 5 rings (SSSR count). The lowest BCUT2D eigenvalue weighted by Gasteiger charge is -2.17. The number of ether oxygens (including phenoxy) is 2. The van der Waals surface area contributed by atoms with E-state index in [9.17, 15) is 4.79 Å². The van der Waals surface area contributed by atoms with Gasteiger partial charge >= 0.3 is 0 Å². The maximum absolute atomic E-state index is 13.4. The topological polar surface area (TPSA) is 92.3 Å². The van der Waals surface area contributed by atoms with Crippen molar-refractivity contribution in [2.24, 2.45) is 5.92 Å². The third kappa shape index (κ3) is 4.09. The van der Waals surface area contributed by atoms with Crippen LogP contribution in [0, 0.1) is 5.92 Å². The zero-order valence-electron chi connectivity index (χ0n) is 19.6. The Morgan fingerprint density at radius 2 is 2.12 bits per heavy atom. The van der Waals surface area contributed by atoms with Gasteiger partial charge in [-0.05, 0) is 49.8 Å². The highest BCUT2D eigenvalue weighted by Gasteiger charge is 2.25. The van der Waals surface area contributed by atoms with Crippen molar-refractivity contribution in [1.29, 1.82) is 0 Å². The van der Waals surface area contributed by atoms with Crippen LogP contribution in [0.15, 0.2) is 32.7 Å². The summed E-state index contributed by atoms with van der Waals surface area (Å²) in [4.78, 5) is 24.9. The molecule has 4 aromatic rings. The number of fused-ring (bicyclic) bond motifs is 3. The number of thioether (sulfide) groups is 1. The first kappa shape index (κ1) is 22.9. The van der Waals surface area contributed by atoms with Gasteiger partial charge in [0, 0.05) is 17.5 Å². The molecule has 3 heterocycles. The molecular formula is C24H26N4O4S2. The summed E-state index contributed by atoms with van der Waals surface area (Å²) in [7, 11) is 3.19. The van der Waals surface area contributed by atoms with Gasteiger partial charge in [0.2, 0.25) is 11.7 Å². The van der Waals surface area contributed by atoms with Crippen molar-refractivity contribution < 1.29 is 14.0 Å². The van der Waals surface area contributed by atoms with E-state index in [0.717, 1.165) is 29.5 Å². The highest BCUT2D eigenvalue weighted by Crippen LogP contribution is 2.37. The molecule has 1 aliphatic rings. The number of methoxy groups -OCH3 is 2. The maximum Gasteiger partial charge on any atom is 0.263 e. The molecule has 0 amide bonds. The van der Waals surface area contributed by atoms with Gasteiger partial charge in [-0.25, -0.2) is 4.98 Å². The summed E-state index contributed by atoms with van der Waals surface area (Å²) in [6.45, 7) is 4.80. The van der Waals surface area contributed by atoms with Gasteiger partial charge in [0.1, 0.15) is 16.3 Å². The highest BCUT2D eigenvalue weighted by atomic mass is 32.2. The second kappa shape index (κ2) is 9.42. The van der Waals surface area contributed by atoms with Gasteiger partial charge in [0.05, 0.1) is 30.9 Å². The highest BCUT2D eigenvalue weighted by molar-refractivity contribution is 7.98. The molecule has 0 N–H and O–H groups in total. The summed E-state index contributed by atoms with van der Waals surface area (Å²) in [5.41, 5.74) is 1.98. The minimum atomic E-state index is 0.0521. The Kier molecular flexibility index (Phi) is 6.35. The van der Waals surface area contributed by atoms with Gasteiger partial charge in [0.15, 0.2) is 5.16 Å². The van der Waals surface area contributed by atoms with Crippen LogP contribution in [0.2, 0.25) is 0 Å². The Balaban J connectivity index is 1.42. The van der Waals surface area contributed by atoms with Crippen LogP contribution in [-0.4, -0.2) is 33.9 Å². The van der Waals surface area contributed by atoms with Crippen LogP contribution in [-0.2, 0) is 25.1 Å². The van der Waals surface area contributed by atoms with Gasteiger partial charge in [-0.2, -0.15) is 4.98 Å². The fourth-order valence-electron chi connectivity index (χ4n) is 4.33. The monoisotopic (exact) mass is 498 g/mol. The van der Waals surface area contributed by atoms with E-state index >= 15 is 0 Å². The summed E-state index contributed by atoms with van der Waals surface area (Å²) in [5.74, 6) is 3.23. The molecule has 1 aromatic carbocycles. The van der Waals surface area contributed by atoms with Crippen molar-refractivity contribution >= 4 is 33.3 Å². The van der Waals surface area contributed by atoms with Crippen LogP contribution >= 0.6 is 23.1 Å². The van der Waals surface area contributed by atoms with Crippen molar-refractivity contribution in [1.82, 2.24) is 19.7 Å². The van der Waals surface area contributed by atoms with E-state index < -0.39 is 0 Å². The van der Waals surface area contributed by atoms with Crippen molar-refractivity contribution in [2.45, 2.75) is 50.6 Å². The first-order chi connectivity index (χ1) is 16.5. The van der Waals surface area contributed by atoms with Crippen LogP contribution in [0.4, 0.5) is 0 Å². The number of aromatic nitrogens is 4. The Morgan fingerprint density at radius 3 is 2.88 bits per heavy atom. The molecule has 0 aliphatic heterocycles. The van der Waals surface area contributed by atoms with Gasteiger partial charge in [-0.15, -0.1) is 11.3 Å². The predicted octanol–water partition coefficient (Wildman–Crippen LogP) is 4.96. The van der Waals surface area contributed by atoms with E-state index in [4.69, 9.17) is 19.0 Å². The number of aryl methyl sites for hydroxylation is 1. The van der Waals surface area contributed by atoms with Crippen LogP contribution in [0.25, 0.3) is 21.6 Å². The number of hydrogen-bond acceptors (Lipinski definition) is 9. The molecule has 1 aliphatic carbocycles. The Bertz CT molecular complexity index is 1410. The summed E-state index contributed by atoms with van der Waals surface area (Å²) in [6, 6.07) is 5.44. The van der Waals surface area contributed by atoms with Crippen LogP contribution in [0.5, 0.6) is 11.5 Å². The second-order valence-electron chi connectivity index (χ2n) is 8.34. The fourth-order valence-corrected chi connectivity index (χ4v) is 6.65. The fraction of sp³-hybridized carbons (Fsp3) is 0.417. The van der Waals surface area contributed by atoms with Gasteiger partial charge < -0.3 is 14.0 Å². The van der Waals surface area contributed by atoms with Crippen molar-refractivity contribution in [3.8, 4) is 22.9 Å². The Labute approximate surface area is 205 Å². The van der Waals surface area contributed by atoms with Gasteiger partial charge in [-0.1, -0.05) is 23.8 Å². The zero-order valence-corrected chi connectivity index (χ0v) is 21.2. The summed E-state index contributed by atoms with van der Waals surface area (Å²) in [5, 5.41) is 5.60. The Hall–Kier alpha value is -2.85. The lowest BCUT2D eigenvalue weighted by molar-refractivity contribution is 0.388. The first-order valence-corrected chi connectivity index (χ1v) is 13.0. The minimum absolute atomic E-state index is 0.0521. The van der Waals surface area contributed by atoms with E-state index in [-0.39, 0.29) is 5.56 Å². The van der Waals surface area contributed by atoms with Crippen molar-refractivity contribution in [3.05, 3.63) is 44.9 Å². The number of nitrogens with zero attached hydrogens (tertiary/aromatic N) is 4. The molecule has 0 spiro atoms. The number of benzene rings is 1. The summed E-state index contributed by atoms with van der Waals surface area (Å²) >= 11 is 3.10. The quantitative estimate of drug-likeness (QED) is 0.261. The molecule has 10 heteroatoms. The van der Waals surface area contributed by atoms with E-state index in [2.05, 4.69) is 17.1 Å². The van der Waals surface area contributed by atoms with Crippen LogP contribution in [0.1, 0.15) is 36.6 Å². The lowest BCUT2D eigenvalue weighted by Crippen LogP contribution is -2.23. The number of rotatable bonds is 7. The third-order valence-electron chi connectivity index (χ3n) is 6.14. The molecule has 1 atom stereocenters. The maximum atomic E-state index is 13.4.